The summed E-state index contributed by atoms with van der Waals surface area (Å²) < 4.78 is 0. The van der Waals surface area contributed by atoms with Gasteiger partial charge in [0.1, 0.15) is 11.4 Å². The van der Waals surface area contributed by atoms with Crippen molar-refractivity contribution in [2.45, 2.75) is 26.7 Å². The summed E-state index contributed by atoms with van der Waals surface area (Å²) in [6, 6.07) is 5.65. The van der Waals surface area contributed by atoms with Gasteiger partial charge in [-0.2, -0.15) is 0 Å². The number of phenolic OH excluding ortho intramolecular Hbond substituents is 1. The molecule has 0 fully saturated rings. The number of aliphatic imine (C=N–C) groups is 1. The molecule has 0 aliphatic rings. The minimum atomic E-state index is 0.301. The summed E-state index contributed by atoms with van der Waals surface area (Å²) in [4.78, 5) is 4.07. The molecule has 0 amide bonds. The van der Waals surface area contributed by atoms with Crippen molar-refractivity contribution in [3.63, 3.8) is 0 Å². The molecule has 0 spiro atoms. The molecule has 1 aromatic rings. The number of para-hydroxylation sites is 1. The summed E-state index contributed by atoms with van der Waals surface area (Å²) in [6.07, 6.45) is 1.68. The van der Waals surface area contributed by atoms with Crippen LogP contribution >= 0.6 is 0 Å². The van der Waals surface area contributed by atoms with Gasteiger partial charge in [-0.1, -0.05) is 26.0 Å². The van der Waals surface area contributed by atoms with Gasteiger partial charge in [0.25, 0.3) is 0 Å². The van der Waals surface area contributed by atoms with Crippen LogP contribution in [0, 0.1) is 0 Å². The highest BCUT2D eigenvalue weighted by molar-refractivity contribution is 5.65. The standard InChI is InChI=1S/C11H15NO/c1-4-12-10-7-5-6-9(8(2)3)11(10)13/h4-8,13H,1-3H3/b12-4-. The third-order valence-electron chi connectivity index (χ3n) is 1.94. The zero-order chi connectivity index (χ0) is 9.84. The first-order valence-corrected chi connectivity index (χ1v) is 4.47. The van der Waals surface area contributed by atoms with Crippen molar-refractivity contribution in [2.24, 2.45) is 4.99 Å². The van der Waals surface area contributed by atoms with Crippen molar-refractivity contribution >= 4 is 11.9 Å². The number of hydrogen-bond acceptors (Lipinski definition) is 2. The highest BCUT2D eigenvalue weighted by atomic mass is 16.3. The van der Waals surface area contributed by atoms with Gasteiger partial charge in [0.05, 0.1) is 0 Å². The van der Waals surface area contributed by atoms with Crippen LogP contribution in [-0.4, -0.2) is 11.3 Å². The van der Waals surface area contributed by atoms with Gasteiger partial charge in [-0.3, -0.25) is 4.99 Å². The zero-order valence-electron chi connectivity index (χ0n) is 8.28. The van der Waals surface area contributed by atoms with Crippen LogP contribution in [0.2, 0.25) is 0 Å². The maximum atomic E-state index is 9.78. The molecule has 2 nitrogen and oxygen atoms in total. The molecule has 1 rings (SSSR count). The lowest BCUT2D eigenvalue weighted by molar-refractivity contribution is 0.466. The van der Waals surface area contributed by atoms with E-state index in [0.29, 0.717) is 17.4 Å². The summed E-state index contributed by atoms with van der Waals surface area (Å²) in [5.74, 6) is 0.627. The molecule has 0 bridgehead atoms. The first kappa shape index (κ1) is 9.78. The van der Waals surface area contributed by atoms with Crippen molar-refractivity contribution in [3.8, 4) is 5.75 Å². The fourth-order valence-corrected chi connectivity index (χ4v) is 1.26. The van der Waals surface area contributed by atoms with Gasteiger partial charge in [-0.05, 0) is 24.5 Å². The Morgan fingerprint density at radius 3 is 2.62 bits per heavy atom. The Hall–Kier alpha value is -1.31. The third kappa shape index (κ3) is 2.08. The Labute approximate surface area is 78.9 Å². The molecule has 1 aromatic carbocycles. The number of nitrogens with zero attached hydrogens (tertiary/aromatic N) is 1. The van der Waals surface area contributed by atoms with E-state index < -0.39 is 0 Å². The average molecular weight is 177 g/mol. The SMILES string of the molecule is C/C=N\c1cccc(C(C)C)c1O. The lowest BCUT2D eigenvalue weighted by Gasteiger charge is -2.09. The first-order chi connectivity index (χ1) is 6.16. The summed E-state index contributed by atoms with van der Waals surface area (Å²) >= 11 is 0. The zero-order valence-corrected chi connectivity index (χ0v) is 8.28. The topological polar surface area (TPSA) is 32.6 Å². The van der Waals surface area contributed by atoms with Gasteiger partial charge < -0.3 is 5.11 Å². The molecule has 0 aromatic heterocycles. The molecule has 0 aliphatic heterocycles. The molecule has 0 radical (unpaired) electrons. The maximum Gasteiger partial charge on any atom is 0.144 e. The third-order valence-corrected chi connectivity index (χ3v) is 1.94. The normalized spacial score (nSPS) is 11.4. The van der Waals surface area contributed by atoms with Crippen LogP contribution in [0.4, 0.5) is 5.69 Å². The second-order valence-electron chi connectivity index (χ2n) is 3.26. The fraction of sp³-hybridized carbons (Fsp3) is 0.364. The number of phenols is 1. The quantitative estimate of drug-likeness (QED) is 0.691. The van der Waals surface area contributed by atoms with Crippen LogP contribution in [0.25, 0.3) is 0 Å². The lowest BCUT2D eigenvalue weighted by atomic mass is 10.0. The first-order valence-electron chi connectivity index (χ1n) is 4.47. The Morgan fingerprint density at radius 2 is 2.08 bits per heavy atom. The highest BCUT2D eigenvalue weighted by Crippen LogP contribution is 2.33. The van der Waals surface area contributed by atoms with E-state index in [2.05, 4.69) is 18.8 Å². The van der Waals surface area contributed by atoms with Crippen molar-refractivity contribution < 1.29 is 5.11 Å². The largest absolute Gasteiger partial charge is 0.505 e. The van der Waals surface area contributed by atoms with Crippen LogP contribution in [-0.2, 0) is 0 Å². The van der Waals surface area contributed by atoms with Crippen molar-refractivity contribution in [1.29, 1.82) is 0 Å². The number of aromatic hydroxyl groups is 1. The molecular formula is C11H15NO. The van der Waals surface area contributed by atoms with Crippen LogP contribution in [0.3, 0.4) is 0 Å². The van der Waals surface area contributed by atoms with Gasteiger partial charge >= 0.3 is 0 Å². The predicted octanol–water partition coefficient (Wildman–Crippen LogP) is 3.24. The summed E-state index contributed by atoms with van der Waals surface area (Å²) in [7, 11) is 0. The average Bonchev–Trinajstić information content (AvgIpc) is 2.08. The van der Waals surface area contributed by atoms with Crippen molar-refractivity contribution in [1.82, 2.24) is 0 Å². The second-order valence-corrected chi connectivity index (χ2v) is 3.26. The maximum absolute atomic E-state index is 9.78. The molecule has 0 saturated carbocycles. The van der Waals surface area contributed by atoms with Crippen molar-refractivity contribution in [3.05, 3.63) is 23.8 Å². The van der Waals surface area contributed by atoms with E-state index in [1.807, 2.05) is 19.1 Å². The van der Waals surface area contributed by atoms with Gasteiger partial charge in [0, 0.05) is 6.21 Å². The molecule has 2 heteroatoms. The number of benzene rings is 1. The van der Waals surface area contributed by atoms with Crippen LogP contribution in [0.15, 0.2) is 23.2 Å². The van der Waals surface area contributed by atoms with E-state index in [4.69, 9.17) is 0 Å². The molecular weight excluding hydrogens is 162 g/mol. The smallest absolute Gasteiger partial charge is 0.144 e. The van der Waals surface area contributed by atoms with Gasteiger partial charge in [-0.15, -0.1) is 0 Å². The second kappa shape index (κ2) is 4.08. The van der Waals surface area contributed by atoms with Crippen LogP contribution < -0.4 is 0 Å². The summed E-state index contributed by atoms with van der Waals surface area (Å²) in [6.45, 7) is 5.93. The van der Waals surface area contributed by atoms with E-state index in [-0.39, 0.29) is 0 Å². The fourth-order valence-electron chi connectivity index (χ4n) is 1.26. The Balaban J connectivity index is 3.18. The molecule has 70 valence electrons. The van der Waals surface area contributed by atoms with Crippen molar-refractivity contribution in [2.75, 3.05) is 0 Å². The predicted molar refractivity (Wildman–Crippen MR) is 56.0 cm³/mol. The number of hydrogen-bond donors (Lipinski definition) is 1. The Kier molecular flexibility index (Phi) is 3.07. The molecule has 0 unspecified atom stereocenters. The number of rotatable bonds is 2. The van der Waals surface area contributed by atoms with E-state index in [1.54, 1.807) is 12.3 Å². The van der Waals surface area contributed by atoms with E-state index in [1.165, 1.54) is 0 Å². The molecule has 1 N–H and O–H groups in total. The van der Waals surface area contributed by atoms with Crippen LogP contribution in [0.5, 0.6) is 5.75 Å². The molecule has 0 heterocycles. The molecule has 0 saturated heterocycles. The highest BCUT2D eigenvalue weighted by Gasteiger charge is 2.08. The van der Waals surface area contributed by atoms with Crippen LogP contribution in [0.1, 0.15) is 32.3 Å². The lowest BCUT2D eigenvalue weighted by Crippen LogP contribution is -1.87. The van der Waals surface area contributed by atoms with E-state index in [9.17, 15) is 5.11 Å². The minimum Gasteiger partial charge on any atom is -0.505 e. The minimum absolute atomic E-state index is 0.301. The monoisotopic (exact) mass is 177 g/mol. The summed E-state index contributed by atoms with van der Waals surface area (Å²) in [5, 5.41) is 9.78. The molecule has 0 aliphatic carbocycles. The Bertz CT molecular complexity index is 316. The molecule has 0 atom stereocenters. The Morgan fingerprint density at radius 1 is 1.38 bits per heavy atom. The van der Waals surface area contributed by atoms with E-state index in [0.717, 1.165) is 5.56 Å². The van der Waals surface area contributed by atoms with Gasteiger partial charge in [-0.25, -0.2) is 0 Å². The van der Waals surface area contributed by atoms with E-state index >= 15 is 0 Å². The van der Waals surface area contributed by atoms with Gasteiger partial charge in [0.15, 0.2) is 0 Å². The molecule has 13 heavy (non-hydrogen) atoms. The summed E-state index contributed by atoms with van der Waals surface area (Å²) in [5.41, 5.74) is 1.59. The van der Waals surface area contributed by atoms with Gasteiger partial charge in [0.2, 0.25) is 0 Å².